The fraction of sp³-hybridized carbons (Fsp3) is 0.667. The second kappa shape index (κ2) is 13.3. The van der Waals surface area contributed by atoms with E-state index in [1.54, 1.807) is 0 Å². The molecule has 27 heavy (non-hydrogen) atoms. The van der Waals surface area contributed by atoms with E-state index in [1.165, 1.54) is 43.9 Å². The largest absolute Gasteiger partial charge is 0.356 e. The van der Waals surface area contributed by atoms with Crippen LogP contribution in [0.3, 0.4) is 0 Å². The average molecular weight is 487 g/mol. The van der Waals surface area contributed by atoms with E-state index in [0.717, 1.165) is 32.0 Å². The first-order chi connectivity index (χ1) is 12.7. The maximum absolute atomic E-state index is 4.37. The highest BCUT2D eigenvalue weighted by molar-refractivity contribution is 14.0. The van der Waals surface area contributed by atoms with E-state index in [-0.39, 0.29) is 24.0 Å². The molecule has 1 atom stereocenters. The van der Waals surface area contributed by atoms with Crippen LogP contribution in [-0.4, -0.2) is 68.6 Å². The summed E-state index contributed by atoms with van der Waals surface area (Å²) in [4.78, 5) is 9.49. The van der Waals surface area contributed by atoms with Gasteiger partial charge in [-0.15, -0.1) is 24.0 Å². The number of nitrogens with zero attached hydrogens (tertiary/aromatic N) is 3. The molecular weight excluding hydrogens is 449 g/mol. The molecule has 1 heterocycles. The van der Waals surface area contributed by atoms with Crippen molar-refractivity contribution >= 4 is 29.9 Å². The molecule has 1 aromatic carbocycles. The first-order valence-electron chi connectivity index (χ1n) is 10.1. The molecule has 1 fully saturated rings. The number of aliphatic imine (C=N–C) groups is 1. The van der Waals surface area contributed by atoms with Gasteiger partial charge in [-0.2, -0.15) is 0 Å². The molecular formula is C21H38IN5. The van der Waals surface area contributed by atoms with Gasteiger partial charge < -0.3 is 20.4 Å². The van der Waals surface area contributed by atoms with Crippen LogP contribution in [0.1, 0.15) is 31.9 Å². The van der Waals surface area contributed by atoms with Crippen molar-refractivity contribution in [3.63, 3.8) is 0 Å². The van der Waals surface area contributed by atoms with Gasteiger partial charge in [0.15, 0.2) is 5.96 Å². The Labute approximate surface area is 183 Å². The Hall–Kier alpha value is -0.860. The van der Waals surface area contributed by atoms with Crippen molar-refractivity contribution in [3.8, 4) is 0 Å². The lowest BCUT2D eigenvalue weighted by molar-refractivity contribution is 0.124. The van der Waals surface area contributed by atoms with Gasteiger partial charge >= 0.3 is 0 Å². The van der Waals surface area contributed by atoms with Crippen LogP contribution in [0.25, 0.3) is 0 Å². The minimum Gasteiger partial charge on any atom is -0.356 e. The summed E-state index contributed by atoms with van der Waals surface area (Å²) in [5.74, 6) is 1.49. The third kappa shape index (κ3) is 8.35. The van der Waals surface area contributed by atoms with Gasteiger partial charge in [0.1, 0.15) is 0 Å². The van der Waals surface area contributed by atoms with Crippen molar-refractivity contribution in [2.45, 2.75) is 33.7 Å². The molecule has 0 saturated carbocycles. The van der Waals surface area contributed by atoms with E-state index in [1.807, 2.05) is 7.05 Å². The van der Waals surface area contributed by atoms with Crippen molar-refractivity contribution < 1.29 is 0 Å². The van der Waals surface area contributed by atoms with Gasteiger partial charge in [0.2, 0.25) is 0 Å². The lowest BCUT2D eigenvalue weighted by Gasteiger charge is -2.35. The Morgan fingerprint density at radius 2 is 1.67 bits per heavy atom. The van der Waals surface area contributed by atoms with E-state index < -0.39 is 0 Å². The molecule has 1 saturated heterocycles. The average Bonchev–Trinajstić information content (AvgIpc) is 2.69. The van der Waals surface area contributed by atoms with E-state index in [0.29, 0.717) is 5.92 Å². The molecule has 2 rings (SSSR count). The molecule has 6 heteroatoms. The fourth-order valence-electron chi connectivity index (χ4n) is 3.54. The number of hydrogen-bond acceptors (Lipinski definition) is 3. The van der Waals surface area contributed by atoms with Crippen LogP contribution < -0.4 is 10.6 Å². The zero-order valence-electron chi connectivity index (χ0n) is 17.5. The summed E-state index contributed by atoms with van der Waals surface area (Å²) in [7, 11) is 1.84. The number of halogens is 1. The Morgan fingerprint density at radius 3 is 2.26 bits per heavy atom. The summed E-state index contributed by atoms with van der Waals surface area (Å²) in [5, 5.41) is 6.94. The van der Waals surface area contributed by atoms with E-state index in [9.17, 15) is 0 Å². The Morgan fingerprint density at radius 1 is 1.04 bits per heavy atom. The zero-order valence-corrected chi connectivity index (χ0v) is 19.8. The number of guanidine groups is 1. The summed E-state index contributed by atoms with van der Waals surface area (Å²) in [5.41, 5.74) is 2.75. The molecule has 1 aliphatic heterocycles. The van der Waals surface area contributed by atoms with Crippen molar-refractivity contribution in [2.75, 3.05) is 52.9 Å². The predicted molar refractivity (Wildman–Crippen MR) is 127 cm³/mol. The summed E-state index contributed by atoms with van der Waals surface area (Å²) >= 11 is 0. The van der Waals surface area contributed by atoms with Crippen molar-refractivity contribution in [1.82, 2.24) is 20.4 Å². The summed E-state index contributed by atoms with van der Waals surface area (Å²) < 4.78 is 0. The quantitative estimate of drug-likeness (QED) is 0.336. The van der Waals surface area contributed by atoms with Crippen LogP contribution in [-0.2, 0) is 13.0 Å². The molecule has 5 nitrogen and oxygen atoms in total. The monoisotopic (exact) mass is 487 g/mol. The van der Waals surface area contributed by atoms with Gasteiger partial charge in [-0.05, 0) is 30.0 Å². The molecule has 2 N–H and O–H groups in total. The molecule has 0 radical (unpaired) electrons. The fourth-order valence-corrected chi connectivity index (χ4v) is 3.54. The van der Waals surface area contributed by atoms with Gasteiger partial charge in [0, 0.05) is 52.9 Å². The molecule has 0 aliphatic carbocycles. The molecule has 0 bridgehead atoms. The third-order valence-electron chi connectivity index (χ3n) is 5.27. The van der Waals surface area contributed by atoms with E-state index in [2.05, 4.69) is 70.5 Å². The first kappa shape index (κ1) is 24.2. The number of hydrogen-bond donors (Lipinski definition) is 2. The molecule has 0 amide bonds. The van der Waals surface area contributed by atoms with Gasteiger partial charge in [-0.3, -0.25) is 4.99 Å². The third-order valence-corrected chi connectivity index (χ3v) is 5.27. The lowest BCUT2D eigenvalue weighted by Crippen LogP contribution is -2.48. The molecule has 1 aliphatic rings. The number of nitrogens with one attached hydrogen (secondary N) is 2. The van der Waals surface area contributed by atoms with Crippen molar-refractivity contribution in [1.29, 1.82) is 0 Å². The SMILES string of the molecule is CCc1ccccc1CNC(=NC)NCC(C)CN1CCN(CC)CC1.I. The van der Waals surface area contributed by atoms with Crippen LogP contribution in [0.15, 0.2) is 29.3 Å². The van der Waals surface area contributed by atoms with Gasteiger partial charge in [-0.25, -0.2) is 0 Å². The van der Waals surface area contributed by atoms with Gasteiger partial charge in [0.05, 0.1) is 0 Å². The van der Waals surface area contributed by atoms with E-state index in [4.69, 9.17) is 0 Å². The zero-order chi connectivity index (χ0) is 18.8. The lowest BCUT2D eigenvalue weighted by atomic mass is 10.1. The predicted octanol–water partition coefficient (Wildman–Crippen LogP) is 2.81. The summed E-state index contributed by atoms with van der Waals surface area (Å²) in [6.07, 6.45) is 1.06. The normalized spacial score (nSPS) is 17.3. The highest BCUT2D eigenvalue weighted by Crippen LogP contribution is 2.09. The van der Waals surface area contributed by atoms with Crippen LogP contribution in [0.4, 0.5) is 0 Å². The first-order valence-corrected chi connectivity index (χ1v) is 10.1. The standard InChI is InChI=1S/C21H37N5.HI/c1-5-19-9-7-8-10-20(19)16-24-21(22-4)23-15-18(3)17-26-13-11-25(6-2)12-14-26;/h7-10,18H,5-6,11-17H2,1-4H3,(H2,22,23,24);1H. The van der Waals surface area contributed by atoms with Crippen LogP contribution in [0.5, 0.6) is 0 Å². The van der Waals surface area contributed by atoms with E-state index >= 15 is 0 Å². The Kier molecular flexibility index (Phi) is 11.9. The smallest absolute Gasteiger partial charge is 0.191 e. The minimum atomic E-state index is 0. The van der Waals surface area contributed by atoms with Crippen LogP contribution in [0, 0.1) is 5.92 Å². The number of rotatable bonds is 8. The Balaban J connectivity index is 0.00000364. The number of aryl methyl sites for hydroxylation is 1. The number of piperazine rings is 1. The van der Waals surface area contributed by atoms with Crippen LogP contribution in [0.2, 0.25) is 0 Å². The number of likely N-dealkylation sites (N-methyl/N-ethyl adjacent to an activating group) is 1. The molecule has 0 aromatic heterocycles. The van der Waals surface area contributed by atoms with Gasteiger partial charge in [-0.1, -0.05) is 45.0 Å². The molecule has 0 spiro atoms. The second-order valence-corrected chi connectivity index (χ2v) is 7.27. The molecule has 154 valence electrons. The highest BCUT2D eigenvalue weighted by atomic mass is 127. The summed E-state index contributed by atoms with van der Waals surface area (Å²) in [6.45, 7) is 15.7. The maximum atomic E-state index is 4.37. The molecule has 1 unspecified atom stereocenters. The second-order valence-electron chi connectivity index (χ2n) is 7.27. The highest BCUT2D eigenvalue weighted by Gasteiger charge is 2.17. The minimum absolute atomic E-state index is 0. The molecule has 1 aromatic rings. The van der Waals surface area contributed by atoms with Gasteiger partial charge in [0.25, 0.3) is 0 Å². The van der Waals surface area contributed by atoms with Crippen molar-refractivity contribution in [3.05, 3.63) is 35.4 Å². The topological polar surface area (TPSA) is 42.9 Å². The maximum Gasteiger partial charge on any atom is 0.191 e. The Bertz CT molecular complexity index is 555. The van der Waals surface area contributed by atoms with Crippen LogP contribution >= 0.6 is 24.0 Å². The van der Waals surface area contributed by atoms with Crippen molar-refractivity contribution in [2.24, 2.45) is 10.9 Å². The summed E-state index contributed by atoms with van der Waals surface area (Å²) in [6, 6.07) is 8.61. The number of benzene rings is 1.